The number of anilines is 1. The molecular formula is C19H20FN3O2. The monoisotopic (exact) mass is 341 g/mol. The van der Waals surface area contributed by atoms with Crippen LogP contribution in [0, 0.1) is 12.7 Å². The third kappa shape index (κ3) is 4.15. The quantitative estimate of drug-likeness (QED) is 0.909. The molecule has 0 saturated carbocycles. The van der Waals surface area contributed by atoms with Gasteiger partial charge in [-0.1, -0.05) is 29.8 Å². The maximum atomic E-state index is 13.0. The molecule has 1 N–H and O–H groups in total. The molecule has 2 aromatic rings. The van der Waals surface area contributed by atoms with Gasteiger partial charge in [0.2, 0.25) is 5.91 Å². The molecule has 2 aromatic carbocycles. The molecule has 0 bridgehead atoms. The lowest BCUT2D eigenvalue weighted by atomic mass is 10.1. The van der Waals surface area contributed by atoms with E-state index in [1.54, 1.807) is 17.0 Å². The zero-order valence-electron chi connectivity index (χ0n) is 14.0. The highest BCUT2D eigenvalue weighted by atomic mass is 19.1. The van der Waals surface area contributed by atoms with E-state index in [0.29, 0.717) is 25.3 Å². The predicted octanol–water partition coefficient (Wildman–Crippen LogP) is 2.69. The highest BCUT2D eigenvalue weighted by Gasteiger charge is 2.30. The molecule has 3 amide bonds. The van der Waals surface area contributed by atoms with E-state index in [2.05, 4.69) is 5.32 Å². The van der Waals surface area contributed by atoms with Crippen molar-refractivity contribution in [3.63, 3.8) is 0 Å². The third-order valence-corrected chi connectivity index (χ3v) is 4.18. The molecule has 1 heterocycles. The van der Waals surface area contributed by atoms with E-state index >= 15 is 0 Å². The van der Waals surface area contributed by atoms with Gasteiger partial charge in [-0.3, -0.25) is 9.69 Å². The summed E-state index contributed by atoms with van der Waals surface area (Å²) in [6.45, 7) is 3.41. The van der Waals surface area contributed by atoms with E-state index < -0.39 is 0 Å². The smallest absolute Gasteiger partial charge is 0.325 e. The molecule has 0 unspecified atom stereocenters. The third-order valence-electron chi connectivity index (χ3n) is 4.18. The van der Waals surface area contributed by atoms with Crippen LogP contribution in [0.25, 0.3) is 0 Å². The van der Waals surface area contributed by atoms with Gasteiger partial charge in [0, 0.05) is 25.3 Å². The highest BCUT2D eigenvalue weighted by molar-refractivity contribution is 5.96. The van der Waals surface area contributed by atoms with Crippen LogP contribution in [0.15, 0.2) is 48.5 Å². The van der Waals surface area contributed by atoms with Gasteiger partial charge in [-0.2, -0.15) is 0 Å². The van der Waals surface area contributed by atoms with Gasteiger partial charge in [0.1, 0.15) is 12.4 Å². The summed E-state index contributed by atoms with van der Waals surface area (Å²) < 4.78 is 13.0. The Morgan fingerprint density at radius 2 is 1.76 bits per heavy atom. The summed E-state index contributed by atoms with van der Waals surface area (Å²) in [6.07, 6.45) is 0. The van der Waals surface area contributed by atoms with Gasteiger partial charge in [-0.05, 0) is 36.8 Å². The van der Waals surface area contributed by atoms with Crippen LogP contribution < -0.4 is 10.2 Å². The minimum Gasteiger partial charge on any atom is -0.350 e. The van der Waals surface area contributed by atoms with Crippen molar-refractivity contribution in [3.05, 3.63) is 65.5 Å². The van der Waals surface area contributed by atoms with Gasteiger partial charge in [-0.15, -0.1) is 0 Å². The minimum atomic E-state index is -0.345. The summed E-state index contributed by atoms with van der Waals surface area (Å²) in [5.41, 5.74) is 2.81. The Morgan fingerprint density at radius 3 is 2.44 bits per heavy atom. The van der Waals surface area contributed by atoms with Crippen molar-refractivity contribution >= 4 is 17.6 Å². The summed E-state index contributed by atoms with van der Waals surface area (Å²) in [5.74, 6) is -0.544. The Hall–Kier alpha value is -2.89. The van der Waals surface area contributed by atoms with Crippen molar-refractivity contribution in [2.45, 2.75) is 13.5 Å². The summed E-state index contributed by atoms with van der Waals surface area (Å²) in [4.78, 5) is 27.6. The Labute approximate surface area is 146 Å². The van der Waals surface area contributed by atoms with E-state index in [0.717, 1.165) is 5.56 Å². The van der Waals surface area contributed by atoms with E-state index in [4.69, 9.17) is 0 Å². The predicted molar refractivity (Wildman–Crippen MR) is 93.7 cm³/mol. The first kappa shape index (κ1) is 17.0. The van der Waals surface area contributed by atoms with Crippen LogP contribution in [0.4, 0.5) is 14.9 Å². The fourth-order valence-corrected chi connectivity index (χ4v) is 2.73. The first-order valence-electron chi connectivity index (χ1n) is 8.17. The van der Waals surface area contributed by atoms with Crippen LogP contribution in [0.3, 0.4) is 0 Å². The molecule has 1 aliphatic heterocycles. The Balaban J connectivity index is 1.52. The molecule has 0 aromatic heterocycles. The van der Waals surface area contributed by atoms with E-state index in [1.807, 2.05) is 31.2 Å². The lowest BCUT2D eigenvalue weighted by Gasteiger charge is -2.18. The Bertz CT molecular complexity index is 759. The second kappa shape index (κ2) is 7.34. The molecule has 0 atom stereocenters. The normalized spacial score (nSPS) is 14.1. The Kier molecular flexibility index (Phi) is 4.97. The molecule has 3 rings (SSSR count). The summed E-state index contributed by atoms with van der Waals surface area (Å²) >= 11 is 0. The number of nitrogens with zero attached hydrogens (tertiary/aromatic N) is 2. The zero-order valence-corrected chi connectivity index (χ0v) is 14.0. The van der Waals surface area contributed by atoms with Gasteiger partial charge in [0.25, 0.3) is 0 Å². The molecule has 25 heavy (non-hydrogen) atoms. The van der Waals surface area contributed by atoms with Crippen LogP contribution in [-0.4, -0.2) is 36.5 Å². The first-order chi connectivity index (χ1) is 12.0. The number of halogens is 1. The standard InChI is InChI=1S/C19H20FN3O2/c1-14-2-4-15(5-3-14)12-21-18(24)13-22-10-11-23(19(22)25)17-8-6-16(20)7-9-17/h2-9H,10-13H2,1H3,(H,21,24). The summed E-state index contributed by atoms with van der Waals surface area (Å²) in [6, 6.07) is 13.4. The van der Waals surface area contributed by atoms with Gasteiger partial charge in [0.05, 0.1) is 0 Å². The molecule has 1 saturated heterocycles. The summed E-state index contributed by atoms with van der Waals surface area (Å²) in [5, 5.41) is 2.83. The Morgan fingerprint density at radius 1 is 1.08 bits per heavy atom. The topological polar surface area (TPSA) is 52.7 Å². The molecule has 1 aliphatic rings. The van der Waals surface area contributed by atoms with Crippen molar-refractivity contribution in [3.8, 4) is 0 Å². The van der Waals surface area contributed by atoms with Gasteiger partial charge in [-0.25, -0.2) is 9.18 Å². The number of benzene rings is 2. The van der Waals surface area contributed by atoms with Crippen LogP contribution in [0.1, 0.15) is 11.1 Å². The van der Waals surface area contributed by atoms with Gasteiger partial charge < -0.3 is 10.2 Å². The number of carbonyl (C=O) groups is 2. The van der Waals surface area contributed by atoms with Crippen LogP contribution in [-0.2, 0) is 11.3 Å². The number of hydrogen-bond donors (Lipinski definition) is 1. The van der Waals surface area contributed by atoms with E-state index in [-0.39, 0.29) is 24.3 Å². The van der Waals surface area contributed by atoms with Crippen molar-refractivity contribution in [2.75, 3.05) is 24.5 Å². The van der Waals surface area contributed by atoms with E-state index in [9.17, 15) is 14.0 Å². The number of carbonyl (C=O) groups excluding carboxylic acids is 2. The lowest BCUT2D eigenvalue weighted by Crippen LogP contribution is -2.39. The number of nitrogens with one attached hydrogen (secondary N) is 1. The second-order valence-electron chi connectivity index (χ2n) is 6.09. The van der Waals surface area contributed by atoms with Crippen LogP contribution in [0.5, 0.6) is 0 Å². The largest absolute Gasteiger partial charge is 0.350 e. The van der Waals surface area contributed by atoms with Gasteiger partial charge in [0.15, 0.2) is 0 Å². The first-order valence-corrected chi connectivity index (χ1v) is 8.17. The molecule has 6 heteroatoms. The second-order valence-corrected chi connectivity index (χ2v) is 6.09. The average Bonchev–Trinajstić information content (AvgIpc) is 2.96. The molecule has 5 nitrogen and oxygen atoms in total. The van der Waals surface area contributed by atoms with Crippen molar-refractivity contribution < 1.29 is 14.0 Å². The van der Waals surface area contributed by atoms with Crippen LogP contribution in [0.2, 0.25) is 0 Å². The van der Waals surface area contributed by atoms with Crippen molar-refractivity contribution in [2.24, 2.45) is 0 Å². The molecule has 0 spiro atoms. The molecule has 0 aliphatic carbocycles. The van der Waals surface area contributed by atoms with Crippen LogP contribution >= 0.6 is 0 Å². The molecular weight excluding hydrogens is 321 g/mol. The fourth-order valence-electron chi connectivity index (χ4n) is 2.73. The number of amides is 3. The zero-order chi connectivity index (χ0) is 17.8. The van der Waals surface area contributed by atoms with Crippen molar-refractivity contribution in [1.82, 2.24) is 10.2 Å². The maximum Gasteiger partial charge on any atom is 0.325 e. The molecule has 1 fully saturated rings. The van der Waals surface area contributed by atoms with E-state index in [1.165, 1.54) is 22.6 Å². The minimum absolute atomic E-state index is 0.0163. The highest BCUT2D eigenvalue weighted by Crippen LogP contribution is 2.20. The molecule has 0 radical (unpaired) electrons. The summed E-state index contributed by atoms with van der Waals surface area (Å²) in [7, 11) is 0. The fraction of sp³-hybridized carbons (Fsp3) is 0.263. The number of urea groups is 1. The average molecular weight is 341 g/mol. The number of hydrogen-bond acceptors (Lipinski definition) is 2. The maximum absolute atomic E-state index is 13.0. The lowest BCUT2D eigenvalue weighted by molar-refractivity contribution is -0.121. The SMILES string of the molecule is Cc1ccc(CNC(=O)CN2CCN(c3ccc(F)cc3)C2=O)cc1. The van der Waals surface area contributed by atoms with Crippen molar-refractivity contribution in [1.29, 1.82) is 0 Å². The van der Waals surface area contributed by atoms with Gasteiger partial charge >= 0.3 is 6.03 Å². The molecule has 130 valence electrons. The number of rotatable bonds is 5. The number of aryl methyl sites for hydroxylation is 1.